The monoisotopic (exact) mass is 281 g/mol. The Balaban J connectivity index is 1.93. The van der Waals surface area contributed by atoms with Crippen LogP contribution in [-0.2, 0) is 4.79 Å². The second-order valence-electron chi connectivity index (χ2n) is 3.68. The molecule has 1 aromatic carbocycles. The number of carbonyl (C=O) groups is 1. The minimum atomic E-state index is 0.152. The van der Waals surface area contributed by atoms with Gasteiger partial charge in [0.25, 0.3) is 0 Å². The molecule has 0 saturated carbocycles. The molecule has 84 valence electrons. The maximum absolute atomic E-state index is 11.8. The number of hydrogen-bond acceptors (Lipinski definition) is 1. The van der Waals surface area contributed by atoms with E-state index in [-0.39, 0.29) is 5.91 Å². The number of amides is 1. The molecule has 1 fully saturated rings. The molecule has 1 aliphatic heterocycles. The molecule has 2 rings (SSSR count). The van der Waals surface area contributed by atoms with Crippen LogP contribution in [0.5, 0.6) is 0 Å². The summed E-state index contributed by atoms with van der Waals surface area (Å²) in [4.78, 5) is 13.8. The number of hydrogen-bond donors (Lipinski definition) is 0. The van der Waals surface area contributed by atoms with E-state index < -0.39 is 0 Å². The zero-order valence-electron chi connectivity index (χ0n) is 9.13. The van der Waals surface area contributed by atoms with Gasteiger partial charge in [-0.2, -0.15) is 0 Å². The van der Waals surface area contributed by atoms with E-state index in [0.29, 0.717) is 0 Å². The molecule has 1 aliphatic rings. The van der Waals surface area contributed by atoms with Crippen molar-refractivity contribution in [3.63, 3.8) is 0 Å². The summed E-state index contributed by atoms with van der Waals surface area (Å²) in [5.41, 5.74) is 1.08. The summed E-state index contributed by atoms with van der Waals surface area (Å²) >= 11 is 0.764. The van der Waals surface area contributed by atoms with Crippen LogP contribution in [0.25, 0.3) is 6.08 Å². The van der Waals surface area contributed by atoms with Crippen molar-refractivity contribution in [2.45, 2.75) is 10.6 Å². The Bertz CT molecular complexity index is 369. The van der Waals surface area contributed by atoms with Crippen molar-refractivity contribution in [2.24, 2.45) is 0 Å². The third-order valence-electron chi connectivity index (χ3n) is 2.54. The number of benzene rings is 1. The van der Waals surface area contributed by atoms with E-state index in [1.54, 1.807) is 6.08 Å². The SMILES string of the molecule is O=C(/C=C/c1ccccc1)N1CC[Se]CC1. The van der Waals surface area contributed by atoms with E-state index >= 15 is 0 Å². The van der Waals surface area contributed by atoms with Gasteiger partial charge < -0.3 is 0 Å². The van der Waals surface area contributed by atoms with Crippen LogP contribution in [-0.4, -0.2) is 38.9 Å². The third-order valence-corrected chi connectivity index (χ3v) is 4.52. The van der Waals surface area contributed by atoms with Gasteiger partial charge in [-0.1, -0.05) is 0 Å². The Morgan fingerprint density at radius 1 is 1.19 bits per heavy atom. The first kappa shape index (κ1) is 11.4. The van der Waals surface area contributed by atoms with Gasteiger partial charge in [0.2, 0.25) is 0 Å². The standard InChI is InChI=1S/C13H15NOSe/c15-13(14-8-10-16-11-9-14)7-6-12-4-2-1-3-5-12/h1-7H,8-11H2/b7-6+. The van der Waals surface area contributed by atoms with E-state index in [2.05, 4.69) is 0 Å². The average molecular weight is 280 g/mol. The third kappa shape index (κ3) is 3.22. The predicted molar refractivity (Wildman–Crippen MR) is 67.4 cm³/mol. The van der Waals surface area contributed by atoms with Crippen LogP contribution in [0.2, 0.25) is 10.6 Å². The van der Waals surface area contributed by atoms with Crippen LogP contribution in [0.4, 0.5) is 0 Å². The Morgan fingerprint density at radius 3 is 2.56 bits per heavy atom. The van der Waals surface area contributed by atoms with Crippen LogP contribution in [0.3, 0.4) is 0 Å². The predicted octanol–water partition coefficient (Wildman–Crippen LogP) is 2.08. The molecular weight excluding hydrogens is 265 g/mol. The van der Waals surface area contributed by atoms with E-state index in [1.807, 2.05) is 41.3 Å². The molecule has 0 N–H and O–H groups in total. The molecule has 1 heterocycles. The van der Waals surface area contributed by atoms with Crippen LogP contribution in [0.1, 0.15) is 5.56 Å². The fourth-order valence-corrected chi connectivity index (χ4v) is 3.52. The molecule has 1 saturated heterocycles. The first-order valence-corrected chi connectivity index (χ1v) is 7.88. The summed E-state index contributed by atoms with van der Waals surface area (Å²) in [6.07, 6.45) is 3.58. The molecule has 3 heteroatoms. The number of rotatable bonds is 2. The van der Waals surface area contributed by atoms with Gasteiger partial charge in [-0.05, 0) is 0 Å². The quantitative estimate of drug-likeness (QED) is 0.600. The van der Waals surface area contributed by atoms with Crippen LogP contribution >= 0.6 is 0 Å². The fraction of sp³-hybridized carbons (Fsp3) is 0.308. The van der Waals surface area contributed by atoms with Gasteiger partial charge in [-0.25, -0.2) is 0 Å². The van der Waals surface area contributed by atoms with Gasteiger partial charge in [0.05, 0.1) is 0 Å². The molecular formula is C13H15NOSe. The molecule has 0 unspecified atom stereocenters. The molecule has 1 aromatic rings. The fourth-order valence-electron chi connectivity index (χ4n) is 1.62. The van der Waals surface area contributed by atoms with Gasteiger partial charge >= 0.3 is 102 Å². The second kappa shape index (κ2) is 5.88. The van der Waals surface area contributed by atoms with Crippen molar-refractivity contribution < 1.29 is 4.79 Å². The zero-order valence-corrected chi connectivity index (χ0v) is 10.8. The van der Waals surface area contributed by atoms with E-state index in [9.17, 15) is 4.79 Å². The molecule has 0 atom stereocenters. The van der Waals surface area contributed by atoms with Crippen LogP contribution < -0.4 is 0 Å². The van der Waals surface area contributed by atoms with Crippen LogP contribution in [0.15, 0.2) is 36.4 Å². The Hall–Kier alpha value is -1.05. The van der Waals surface area contributed by atoms with Crippen molar-refractivity contribution in [3.8, 4) is 0 Å². The molecule has 2 nitrogen and oxygen atoms in total. The number of carbonyl (C=O) groups excluding carboxylic acids is 1. The van der Waals surface area contributed by atoms with Crippen molar-refractivity contribution in [1.82, 2.24) is 4.90 Å². The van der Waals surface area contributed by atoms with Crippen LogP contribution in [0, 0.1) is 0 Å². The topological polar surface area (TPSA) is 20.3 Å². The first-order chi connectivity index (χ1) is 7.86. The molecule has 0 aromatic heterocycles. The maximum atomic E-state index is 11.8. The molecule has 16 heavy (non-hydrogen) atoms. The minimum absolute atomic E-state index is 0.152. The average Bonchev–Trinajstić information content (AvgIpc) is 2.38. The molecule has 0 aliphatic carbocycles. The van der Waals surface area contributed by atoms with E-state index in [4.69, 9.17) is 0 Å². The summed E-state index contributed by atoms with van der Waals surface area (Å²) in [6, 6.07) is 9.94. The molecule has 1 amide bonds. The zero-order chi connectivity index (χ0) is 11.2. The van der Waals surface area contributed by atoms with Crippen molar-refractivity contribution in [1.29, 1.82) is 0 Å². The van der Waals surface area contributed by atoms with E-state index in [0.717, 1.165) is 33.6 Å². The van der Waals surface area contributed by atoms with Gasteiger partial charge in [-0.3, -0.25) is 0 Å². The summed E-state index contributed by atoms with van der Waals surface area (Å²) in [5, 5.41) is 2.41. The van der Waals surface area contributed by atoms with E-state index in [1.165, 1.54) is 10.6 Å². The van der Waals surface area contributed by atoms with Crippen molar-refractivity contribution in [3.05, 3.63) is 42.0 Å². The molecule has 0 radical (unpaired) electrons. The Labute approximate surface area is 102 Å². The summed E-state index contributed by atoms with van der Waals surface area (Å²) in [6.45, 7) is 1.88. The molecule has 0 spiro atoms. The molecule has 0 bridgehead atoms. The van der Waals surface area contributed by atoms with Gasteiger partial charge in [0, 0.05) is 0 Å². The number of nitrogens with zero attached hydrogens (tertiary/aromatic N) is 1. The Kier molecular flexibility index (Phi) is 4.20. The summed E-state index contributed by atoms with van der Waals surface area (Å²) in [7, 11) is 0. The second-order valence-corrected chi connectivity index (χ2v) is 6.25. The van der Waals surface area contributed by atoms with Gasteiger partial charge in [0.15, 0.2) is 0 Å². The van der Waals surface area contributed by atoms with Crippen molar-refractivity contribution >= 4 is 26.9 Å². The summed E-state index contributed by atoms with van der Waals surface area (Å²) < 4.78 is 0. The van der Waals surface area contributed by atoms with Gasteiger partial charge in [-0.15, -0.1) is 0 Å². The van der Waals surface area contributed by atoms with Crippen molar-refractivity contribution in [2.75, 3.05) is 13.1 Å². The Morgan fingerprint density at radius 2 is 1.88 bits per heavy atom. The summed E-state index contributed by atoms with van der Waals surface area (Å²) in [5.74, 6) is 0.152. The normalized spacial score (nSPS) is 16.6. The van der Waals surface area contributed by atoms with Gasteiger partial charge in [0.1, 0.15) is 0 Å². The first-order valence-electron chi connectivity index (χ1n) is 5.46.